The van der Waals surface area contributed by atoms with Crippen LogP contribution in [-0.4, -0.2) is 42.2 Å². The normalized spacial score (nSPS) is 20.7. The standard InChI is InChI=1S/C26H29N3O4/c1-26(25(31)27-18-9-5-6-10-18)16-28-20-11-7-4-8-17(20)14-22(28)24(30)29(26)21-13-12-19(32-2)15-23(21)33-3/h4,7-8,11-15,18H,5-6,9-10,16H2,1-3H3,(H,27,31). The van der Waals surface area contributed by atoms with E-state index in [1.807, 2.05) is 41.8 Å². The van der Waals surface area contributed by atoms with E-state index in [0.717, 1.165) is 36.6 Å². The first-order valence-electron chi connectivity index (χ1n) is 11.4. The van der Waals surface area contributed by atoms with Gasteiger partial charge in [0.25, 0.3) is 5.91 Å². The first-order chi connectivity index (χ1) is 16.0. The number of hydrogen-bond donors (Lipinski definition) is 1. The van der Waals surface area contributed by atoms with Crippen LogP contribution in [0.25, 0.3) is 10.9 Å². The number of benzene rings is 2. The summed E-state index contributed by atoms with van der Waals surface area (Å²) in [5.41, 5.74) is 0.905. The number of nitrogens with one attached hydrogen (secondary N) is 1. The molecule has 1 atom stereocenters. The van der Waals surface area contributed by atoms with Crippen molar-refractivity contribution in [3.63, 3.8) is 0 Å². The summed E-state index contributed by atoms with van der Waals surface area (Å²) in [5, 5.41) is 4.20. The number of carbonyl (C=O) groups is 2. The molecule has 1 saturated carbocycles. The number of ether oxygens (including phenoxy) is 2. The van der Waals surface area contributed by atoms with E-state index in [4.69, 9.17) is 9.47 Å². The minimum Gasteiger partial charge on any atom is -0.497 e. The van der Waals surface area contributed by atoms with E-state index in [2.05, 4.69) is 5.32 Å². The highest BCUT2D eigenvalue weighted by molar-refractivity contribution is 6.14. The molecule has 0 spiro atoms. The summed E-state index contributed by atoms with van der Waals surface area (Å²) in [6.45, 7) is 2.19. The van der Waals surface area contributed by atoms with Crippen LogP contribution in [-0.2, 0) is 11.3 Å². The van der Waals surface area contributed by atoms with Gasteiger partial charge in [-0.1, -0.05) is 31.0 Å². The van der Waals surface area contributed by atoms with Crippen LogP contribution in [0.15, 0.2) is 48.5 Å². The molecule has 2 aliphatic rings. The number of para-hydroxylation sites is 1. The molecule has 1 fully saturated rings. The van der Waals surface area contributed by atoms with Crippen molar-refractivity contribution in [3.05, 3.63) is 54.2 Å². The van der Waals surface area contributed by atoms with E-state index in [9.17, 15) is 9.59 Å². The Morgan fingerprint density at radius 3 is 2.55 bits per heavy atom. The van der Waals surface area contributed by atoms with Crippen LogP contribution < -0.4 is 19.7 Å². The maximum atomic E-state index is 14.0. The quantitative estimate of drug-likeness (QED) is 0.638. The molecule has 33 heavy (non-hydrogen) atoms. The third-order valence-electron chi connectivity index (χ3n) is 7.00. The summed E-state index contributed by atoms with van der Waals surface area (Å²) < 4.78 is 12.9. The van der Waals surface area contributed by atoms with Gasteiger partial charge >= 0.3 is 0 Å². The zero-order chi connectivity index (χ0) is 23.2. The molecule has 1 aromatic heterocycles. The average Bonchev–Trinajstić information content (AvgIpc) is 3.47. The molecule has 5 rings (SSSR count). The van der Waals surface area contributed by atoms with Crippen LogP contribution in [0.3, 0.4) is 0 Å². The lowest BCUT2D eigenvalue weighted by Gasteiger charge is -2.44. The Hall–Kier alpha value is -3.48. The monoisotopic (exact) mass is 447 g/mol. The molecule has 7 heteroatoms. The van der Waals surface area contributed by atoms with E-state index in [1.165, 1.54) is 0 Å². The van der Waals surface area contributed by atoms with Gasteiger partial charge in [-0.05, 0) is 44.0 Å². The smallest absolute Gasteiger partial charge is 0.276 e. The minimum atomic E-state index is -1.14. The van der Waals surface area contributed by atoms with Gasteiger partial charge < -0.3 is 19.4 Å². The van der Waals surface area contributed by atoms with Crippen molar-refractivity contribution in [1.29, 1.82) is 0 Å². The maximum Gasteiger partial charge on any atom is 0.276 e. The number of anilines is 1. The molecule has 0 radical (unpaired) electrons. The van der Waals surface area contributed by atoms with Gasteiger partial charge in [0.1, 0.15) is 22.7 Å². The van der Waals surface area contributed by atoms with Crippen molar-refractivity contribution in [1.82, 2.24) is 9.88 Å². The number of fused-ring (bicyclic) bond motifs is 3. The molecule has 2 amide bonds. The summed E-state index contributed by atoms with van der Waals surface area (Å²) in [6.07, 6.45) is 4.17. The predicted molar refractivity (Wildman–Crippen MR) is 127 cm³/mol. The number of nitrogens with zero attached hydrogens (tertiary/aromatic N) is 2. The summed E-state index contributed by atoms with van der Waals surface area (Å²) in [7, 11) is 3.14. The lowest BCUT2D eigenvalue weighted by Crippen LogP contribution is -2.65. The number of rotatable bonds is 5. The van der Waals surface area contributed by atoms with Crippen LogP contribution in [0.1, 0.15) is 43.1 Å². The highest BCUT2D eigenvalue weighted by Gasteiger charge is 2.50. The summed E-state index contributed by atoms with van der Waals surface area (Å²) in [5.74, 6) is 0.715. The van der Waals surface area contributed by atoms with Gasteiger partial charge in [0.05, 0.1) is 26.5 Å². The Bertz CT molecular complexity index is 1230. The number of methoxy groups -OCH3 is 2. The Morgan fingerprint density at radius 1 is 1.06 bits per heavy atom. The van der Waals surface area contributed by atoms with Gasteiger partial charge in [-0.3, -0.25) is 14.5 Å². The van der Waals surface area contributed by atoms with Gasteiger partial charge in [-0.15, -0.1) is 0 Å². The van der Waals surface area contributed by atoms with Crippen molar-refractivity contribution < 1.29 is 19.1 Å². The molecule has 172 valence electrons. The highest BCUT2D eigenvalue weighted by atomic mass is 16.5. The Labute approximate surface area is 193 Å². The second-order valence-corrected chi connectivity index (χ2v) is 9.08. The lowest BCUT2D eigenvalue weighted by molar-refractivity contribution is -0.127. The molecule has 0 saturated heterocycles. The first-order valence-corrected chi connectivity index (χ1v) is 11.4. The fourth-order valence-electron chi connectivity index (χ4n) is 5.20. The van der Waals surface area contributed by atoms with Gasteiger partial charge in [0.2, 0.25) is 5.91 Å². The molecule has 0 bridgehead atoms. The van der Waals surface area contributed by atoms with Crippen molar-refractivity contribution in [2.75, 3.05) is 19.1 Å². The van der Waals surface area contributed by atoms with Crippen molar-refractivity contribution in [2.45, 2.75) is 50.7 Å². The number of hydrogen-bond acceptors (Lipinski definition) is 4. The zero-order valence-corrected chi connectivity index (χ0v) is 19.3. The number of carbonyl (C=O) groups excluding carboxylic acids is 2. The molecule has 2 heterocycles. The molecular formula is C26H29N3O4. The molecule has 1 N–H and O–H groups in total. The summed E-state index contributed by atoms with van der Waals surface area (Å²) in [6, 6.07) is 15.2. The molecule has 1 aliphatic carbocycles. The zero-order valence-electron chi connectivity index (χ0n) is 19.3. The van der Waals surface area contributed by atoms with E-state index in [1.54, 1.807) is 37.3 Å². The van der Waals surface area contributed by atoms with Gasteiger partial charge in [-0.25, -0.2) is 0 Å². The second-order valence-electron chi connectivity index (χ2n) is 9.08. The summed E-state index contributed by atoms with van der Waals surface area (Å²) in [4.78, 5) is 29.4. The van der Waals surface area contributed by atoms with Crippen molar-refractivity contribution >= 4 is 28.4 Å². The Morgan fingerprint density at radius 2 is 1.82 bits per heavy atom. The Balaban J connectivity index is 1.67. The molecule has 1 aliphatic heterocycles. The van der Waals surface area contributed by atoms with Gasteiger partial charge in [0.15, 0.2) is 0 Å². The van der Waals surface area contributed by atoms with E-state index in [0.29, 0.717) is 29.4 Å². The van der Waals surface area contributed by atoms with Crippen LogP contribution in [0.5, 0.6) is 11.5 Å². The van der Waals surface area contributed by atoms with Crippen molar-refractivity contribution in [3.8, 4) is 11.5 Å². The third kappa shape index (κ3) is 3.43. The fourth-order valence-corrected chi connectivity index (χ4v) is 5.20. The highest BCUT2D eigenvalue weighted by Crippen LogP contribution is 2.41. The SMILES string of the molecule is COc1ccc(N2C(=O)c3cc4ccccc4n3CC2(C)C(=O)NC2CCCC2)c(OC)c1. The number of amides is 2. The van der Waals surface area contributed by atoms with Crippen LogP contribution in [0.4, 0.5) is 5.69 Å². The fraction of sp³-hybridized carbons (Fsp3) is 0.385. The Kier molecular flexibility index (Phi) is 5.27. The molecule has 2 aromatic carbocycles. The molecule has 7 nitrogen and oxygen atoms in total. The molecule has 1 unspecified atom stereocenters. The largest absolute Gasteiger partial charge is 0.497 e. The van der Waals surface area contributed by atoms with E-state index < -0.39 is 5.54 Å². The maximum absolute atomic E-state index is 14.0. The molecule has 3 aromatic rings. The second kappa shape index (κ2) is 8.14. The lowest BCUT2D eigenvalue weighted by atomic mass is 9.93. The molecular weight excluding hydrogens is 418 g/mol. The third-order valence-corrected chi connectivity index (χ3v) is 7.00. The van der Waals surface area contributed by atoms with Crippen molar-refractivity contribution in [2.24, 2.45) is 0 Å². The summed E-state index contributed by atoms with van der Waals surface area (Å²) >= 11 is 0. The predicted octanol–water partition coefficient (Wildman–Crippen LogP) is 4.14. The van der Waals surface area contributed by atoms with Crippen LogP contribution in [0, 0.1) is 0 Å². The first kappa shape index (κ1) is 21.4. The minimum absolute atomic E-state index is 0.145. The van der Waals surface area contributed by atoms with Crippen LogP contribution >= 0.6 is 0 Å². The topological polar surface area (TPSA) is 72.8 Å². The number of aromatic nitrogens is 1. The van der Waals surface area contributed by atoms with Crippen LogP contribution in [0.2, 0.25) is 0 Å². The van der Waals surface area contributed by atoms with Gasteiger partial charge in [0, 0.05) is 23.0 Å². The van der Waals surface area contributed by atoms with Gasteiger partial charge in [-0.2, -0.15) is 0 Å². The van der Waals surface area contributed by atoms with E-state index in [-0.39, 0.29) is 17.9 Å². The van der Waals surface area contributed by atoms with E-state index >= 15 is 0 Å². The average molecular weight is 448 g/mol.